The van der Waals surface area contributed by atoms with E-state index in [0.29, 0.717) is 23.0 Å². The number of alkyl halides is 2. The lowest BCUT2D eigenvalue weighted by Gasteiger charge is -2.23. The Kier molecular flexibility index (Phi) is 5.29. The van der Waals surface area contributed by atoms with Crippen LogP contribution in [0.1, 0.15) is 22.4 Å². The lowest BCUT2D eigenvalue weighted by molar-refractivity contribution is 0.478. The first-order valence-electron chi connectivity index (χ1n) is 8.95. The second-order valence-corrected chi connectivity index (χ2v) is 8.90. The van der Waals surface area contributed by atoms with Gasteiger partial charge in [-0.3, -0.25) is 4.79 Å². The topological polar surface area (TPSA) is 66.6 Å². The number of nitrogens with zero attached hydrogens (tertiary/aromatic N) is 2. The Hall–Kier alpha value is -2.12. The molecule has 2 aromatic carbocycles. The summed E-state index contributed by atoms with van der Waals surface area (Å²) in [4.78, 5) is 13.0. The zero-order chi connectivity index (χ0) is 19.8. The highest BCUT2D eigenvalue weighted by molar-refractivity contribution is 9.12. The number of hydrogen-bond acceptors (Lipinski definition) is 4. The van der Waals surface area contributed by atoms with Gasteiger partial charge in [0.1, 0.15) is 11.3 Å². The van der Waals surface area contributed by atoms with Crippen LogP contribution in [0.4, 0.5) is 0 Å². The Bertz CT molecular complexity index is 1110. The number of halogens is 2. The number of para-hydroxylation sites is 1. The molecule has 0 saturated carbocycles. The van der Waals surface area contributed by atoms with Crippen LogP contribution in [-0.4, -0.2) is 26.3 Å². The molecule has 1 aromatic heterocycles. The van der Waals surface area contributed by atoms with E-state index < -0.39 is 0 Å². The third-order valence-corrected chi connectivity index (χ3v) is 8.10. The number of aryl methyl sites for hydroxylation is 1. The van der Waals surface area contributed by atoms with Gasteiger partial charge in [0.15, 0.2) is 0 Å². The van der Waals surface area contributed by atoms with Gasteiger partial charge in [-0.1, -0.05) is 74.3 Å². The number of hydrazone groups is 1. The van der Waals surface area contributed by atoms with Gasteiger partial charge >= 0.3 is 0 Å². The molecule has 0 bridgehead atoms. The Morgan fingerprint density at radius 2 is 1.82 bits per heavy atom. The van der Waals surface area contributed by atoms with Crippen molar-refractivity contribution in [2.75, 3.05) is 0 Å². The second-order valence-electron chi connectivity index (χ2n) is 6.86. The van der Waals surface area contributed by atoms with Crippen LogP contribution in [0.15, 0.2) is 64.5 Å². The van der Waals surface area contributed by atoms with Gasteiger partial charge in [-0.05, 0) is 17.7 Å². The molecule has 28 heavy (non-hydrogen) atoms. The average Bonchev–Trinajstić information content (AvgIpc) is 3.21. The molecule has 0 aliphatic carbocycles. The van der Waals surface area contributed by atoms with Crippen LogP contribution in [0, 0.1) is 0 Å². The van der Waals surface area contributed by atoms with Gasteiger partial charge in [-0.25, -0.2) is 0 Å². The van der Waals surface area contributed by atoms with Crippen molar-refractivity contribution in [2.24, 2.45) is 12.1 Å². The van der Waals surface area contributed by atoms with Crippen LogP contribution in [-0.2, 0) is 7.05 Å². The van der Waals surface area contributed by atoms with Crippen molar-refractivity contribution in [3.8, 4) is 5.75 Å². The van der Waals surface area contributed by atoms with Gasteiger partial charge in [0.25, 0.3) is 5.56 Å². The Morgan fingerprint density at radius 1 is 1.14 bits per heavy atom. The minimum Gasteiger partial charge on any atom is -0.506 e. The van der Waals surface area contributed by atoms with E-state index >= 15 is 0 Å². The summed E-state index contributed by atoms with van der Waals surface area (Å²) in [5.41, 5.74) is 5.57. The van der Waals surface area contributed by atoms with Crippen LogP contribution in [0.5, 0.6) is 5.75 Å². The zero-order valence-electron chi connectivity index (χ0n) is 15.1. The van der Waals surface area contributed by atoms with E-state index in [-0.39, 0.29) is 32.6 Å². The van der Waals surface area contributed by atoms with Crippen molar-refractivity contribution in [3.63, 3.8) is 0 Å². The average molecular weight is 505 g/mol. The number of benzene rings is 2. The molecule has 2 N–H and O–H groups in total. The minimum atomic E-state index is -0.248. The summed E-state index contributed by atoms with van der Waals surface area (Å²) in [6, 6.07) is 17.4. The van der Waals surface area contributed by atoms with E-state index in [9.17, 15) is 9.90 Å². The highest BCUT2D eigenvalue weighted by Gasteiger charge is 2.33. The first-order chi connectivity index (χ1) is 13.5. The Morgan fingerprint density at radius 3 is 2.57 bits per heavy atom. The van der Waals surface area contributed by atoms with E-state index in [1.807, 2.05) is 42.5 Å². The number of fused-ring (bicyclic) bond motifs is 1. The molecule has 0 fully saturated rings. The van der Waals surface area contributed by atoms with Crippen molar-refractivity contribution >= 4 is 48.5 Å². The largest absolute Gasteiger partial charge is 0.506 e. The molecule has 0 unspecified atom stereocenters. The third-order valence-electron chi connectivity index (χ3n) is 5.12. The fourth-order valence-electron chi connectivity index (χ4n) is 3.57. The van der Waals surface area contributed by atoms with E-state index in [1.54, 1.807) is 11.6 Å². The molecule has 0 radical (unpaired) electrons. The lowest BCUT2D eigenvalue weighted by atomic mass is 9.98. The second kappa shape index (κ2) is 7.72. The van der Waals surface area contributed by atoms with Crippen molar-refractivity contribution in [1.82, 2.24) is 9.99 Å². The van der Waals surface area contributed by atoms with Gasteiger partial charge in [0.2, 0.25) is 0 Å². The van der Waals surface area contributed by atoms with Crippen LogP contribution < -0.4 is 11.0 Å². The predicted molar refractivity (Wildman–Crippen MR) is 120 cm³/mol. The van der Waals surface area contributed by atoms with Crippen molar-refractivity contribution in [2.45, 2.75) is 22.1 Å². The standard InChI is InChI=1S/C21H19Br2N3O2/c1-26-16-10-6-5-9-13(16)20(27)17(21(26)28)14-11-15(25-24-14)19(23)18(22)12-7-3-2-4-8-12/h2-10,15,18-19,25,27H,11H2,1H3/t15-,18-,19+/m1/s1. The normalized spacial score (nSPS) is 18.5. The Labute approximate surface area is 179 Å². The zero-order valence-corrected chi connectivity index (χ0v) is 18.3. The van der Waals surface area contributed by atoms with E-state index in [4.69, 9.17) is 0 Å². The number of hydrogen-bond donors (Lipinski definition) is 2. The molecule has 0 spiro atoms. The molecule has 3 atom stereocenters. The van der Waals surface area contributed by atoms with Gasteiger partial charge in [-0.15, -0.1) is 0 Å². The molecule has 0 amide bonds. The summed E-state index contributed by atoms with van der Waals surface area (Å²) in [7, 11) is 1.71. The van der Waals surface area contributed by atoms with Crippen LogP contribution in [0.25, 0.3) is 10.9 Å². The maximum Gasteiger partial charge on any atom is 0.263 e. The summed E-state index contributed by atoms with van der Waals surface area (Å²) in [6.45, 7) is 0. The number of pyridine rings is 1. The molecular weight excluding hydrogens is 486 g/mol. The predicted octanol–water partition coefficient (Wildman–Crippen LogP) is 4.21. The number of aromatic nitrogens is 1. The SMILES string of the molecule is Cn1c(=O)c(C2=NN[C@@H]([C@H](Br)[C@H](Br)c3ccccc3)C2)c(O)c2ccccc21. The maximum absolute atomic E-state index is 12.9. The smallest absolute Gasteiger partial charge is 0.263 e. The fraction of sp³-hybridized carbons (Fsp3) is 0.238. The molecule has 0 saturated heterocycles. The monoisotopic (exact) mass is 503 g/mol. The minimum absolute atomic E-state index is 0.00975. The molecule has 3 aromatic rings. The molecule has 2 heterocycles. The van der Waals surface area contributed by atoms with E-state index in [0.717, 1.165) is 5.56 Å². The van der Waals surface area contributed by atoms with Gasteiger partial charge in [0, 0.05) is 18.9 Å². The molecule has 4 rings (SSSR count). The Balaban J connectivity index is 1.64. The van der Waals surface area contributed by atoms with Crippen molar-refractivity contribution in [1.29, 1.82) is 0 Å². The highest BCUT2D eigenvalue weighted by Crippen LogP contribution is 2.36. The molecule has 1 aliphatic rings. The lowest BCUT2D eigenvalue weighted by Crippen LogP contribution is -2.33. The van der Waals surface area contributed by atoms with Gasteiger partial charge in [0.05, 0.1) is 26.9 Å². The van der Waals surface area contributed by atoms with E-state index in [1.165, 1.54) is 0 Å². The summed E-state index contributed by atoms with van der Waals surface area (Å²) >= 11 is 7.53. The van der Waals surface area contributed by atoms with Crippen molar-refractivity contribution in [3.05, 3.63) is 76.1 Å². The number of nitrogens with one attached hydrogen (secondary N) is 1. The molecule has 7 heteroatoms. The highest BCUT2D eigenvalue weighted by atomic mass is 79.9. The summed E-state index contributed by atoms with van der Waals surface area (Å²) < 4.78 is 1.56. The molecule has 144 valence electrons. The first kappa shape index (κ1) is 19.2. The number of rotatable bonds is 4. The van der Waals surface area contributed by atoms with Gasteiger partial charge in [-0.2, -0.15) is 5.10 Å². The summed E-state index contributed by atoms with van der Waals surface area (Å²) in [5, 5.41) is 15.8. The number of aromatic hydroxyl groups is 1. The van der Waals surface area contributed by atoms with Gasteiger partial charge < -0.3 is 15.1 Å². The fourth-order valence-corrected chi connectivity index (χ4v) is 4.85. The molecule has 5 nitrogen and oxygen atoms in total. The van der Waals surface area contributed by atoms with Crippen LogP contribution in [0.3, 0.4) is 0 Å². The summed E-state index contributed by atoms with van der Waals surface area (Å²) in [5.74, 6) is -0.00975. The van der Waals surface area contributed by atoms with Crippen LogP contribution >= 0.6 is 31.9 Å². The van der Waals surface area contributed by atoms with Crippen LogP contribution in [0.2, 0.25) is 0 Å². The van der Waals surface area contributed by atoms with Crippen molar-refractivity contribution < 1.29 is 5.11 Å². The molecule has 1 aliphatic heterocycles. The molecular formula is C21H19Br2N3O2. The van der Waals surface area contributed by atoms with E-state index in [2.05, 4.69) is 54.5 Å². The first-order valence-corrected chi connectivity index (χ1v) is 10.8. The third kappa shape index (κ3) is 3.26. The maximum atomic E-state index is 12.9. The quantitative estimate of drug-likeness (QED) is 0.523. The summed E-state index contributed by atoms with van der Waals surface area (Å²) in [6.07, 6.45) is 0.534.